The van der Waals surface area contributed by atoms with Gasteiger partial charge in [0.1, 0.15) is 11.3 Å². The normalized spacial score (nSPS) is 10.6. The number of nitrogens with zero attached hydrogens (tertiary/aromatic N) is 1. The maximum atomic E-state index is 5.39. The zero-order valence-electron chi connectivity index (χ0n) is 10.4. The molecule has 3 rings (SSSR count). The van der Waals surface area contributed by atoms with Crippen LogP contribution in [0.1, 0.15) is 0 Å². The van der Waals surface area contributed by atoms with E-state index in [2.05, 4.69) is 28.1 Å². The minimum absolute atomic E-state index is 0.788. The van der Waals surface area contributed by atoms with Gasteiger partial charge in [0.25, 0.3) is 0 Å². The Kier molecular flexibility index (Phi) is 3.22. The van der Waals surface area contributed by atoms with Crippen LogP contribution in [0.15, 0.2) is 59.1 Å². The van der Waals surface area contributed by atoms with Crippen LogP contribution in [0.4, 0.5) is 0 Å². The van der Waals surface area contributed by atoms with Crippen LogP contribution in [0.5, 0.6) is 5.75 Å². The second-order valence-electron chi connectivity index (χ2n) is 4.21. The van der Waals surface area contributed by atoms with E-state index < -0.39 is 0 Å². The van der Waals surface area contributed by atoms with Crippen LogP contribution in [-0.2, 0) is 0 Å². The van der Waals surface area contributed by atoms with Crippen molar-refractivity contribution in [1.82, 2.24) is 4.98 Å². The van der Waals surface area contributed by atoms with Crippen molar-refractivity contribution in [2.24, 2.45) is 0 Å². The van der Waals surface area contributed by atoms with Crippen LogP contribution in [0.2, 0.25) is 0 Å². The predicted octanol–water partition coefficient (Wildman–Crippen LogP) is 4.67. The first kappa shape index (κ1) is 12.2. The molecule has 0 N–H and O–H groups in total. The van der Waals surface area contributed by atoms with Crippen molar-refractivity contribution in [2.45, 2.75) is 0 Å². The largest absolute Gasteiger partial charge is 0.494 e. The molecule has 0 aliphatic carbocycles. The van der Waals surface area contributed by atoms with Gasteiger partial charge < -0.3 is 4.74 Å². The molecule has 2 aromatic carbocycles. The van der Waals surface area contributed by atoms with Crippen LogP contribution in [-0.4, -0.2) is 12.1 Å². The topological polar surface area (TPSA) is 22.1 Å². The minimum atomic E-state index is 0.788. The molecule has 0 fully saturated rings. The van der Waals surface area contributed by atoms with E-state index in [9.17, 15) is 0 Å². The van der Waals surface area contributed by atoms with E-state index in [4.69, 9.17) is 9.72 Å². The highest BCUT2D eigenvalue weighted by molar-refractivity contribution is 9.10. The first-order chi connectivity index (χ1) is 9.29. The molecule has 3 aromatic rings. The highest BCUT2D eigenvalue weighted by atomic mass is 79.9. The van der Waals surface area contributed by atoms with Gasteiger partial charge in [-0.1, -0.05) is 58.4 Å². The number of para-hydroxylation sites is 1. The van der Waals surface area contributed by atoms with Crippen LogP contribution >= 0.6 is 15.9 Å². The molecule has 1 aromatic heterocycles. The van der Waals surface area contributed by atoms with Gasteiger partial charge in [0.15, 0.2) is 0 Å². The van der Waals surface area contributed by atoms with Gasteiger partial charge >= 0.3 is 0 Å². The second-order valence-corrected chi connectivity index (χ2v) is 5.07. The molecule has 19 heavy (non-hydrogen) atoms. The number of rotatable bonds is 2. The van der Waals surface area contributed by atoms with Gasteiger partial charge in [0.05, 0.1) is 12.8 Å². The fourth-order valence-electron chi connectivity index (χ4n) is 2.10. The lowest BCUT2D eigenvalue weighted by molar-refractivity contribution is 0.419. The fraction of sp³-hybridized carbons (Fsp3) is 0.0625. The summed E-state index contributed by atoms with van der Waals surface area (Å²) in [5, 5.41) is 1.05. The number of aromatic nitrogens is 1. The van der Waals surface area contributed by atoms with Crippen molar-refractivity contribution < 1.29 is 4.74 Å². The SMILES string of the molecule is COc1cccc2c(Br)cc(-c3ccccc3)nc12. The van der Waals surface area contributed by atoms with Crippen LogP contribution < -0.4 is 4.74 Å². The first-order valence-electron chi connectivity index (χ1n) is 5.98. The Hall–Kier alpha value is -1.87. The molecule has 3 heteroatoms. The third kappa shape index (κ3) is 2.22. The summed E-state index contributed by atoms with van der Waals surface area (Å²) in [6, 6.07) is 18.1. The number of hydrogen-bond donors (Lipinski definition) is 0. The van der Waals surface area contributed by atoms with Crippen molar-refractivity contribution in [3.05, 3.63) is 59.1 Å². The lowest BCUT2D eigenvalue weighted by Crippen LogP contribution is -1.91. The minimum Gasteiger partial charge on any atom is -0.494 e. The number of ether oxygens (including phenoxy) is 1. The Labute approximate surface area is 120 Å². The summed E-state index contributed by atoms with van der Waals surface area (Å²) in [6.07, 6.45) is 0. The number of halogens is 1. The lowest BCUT2D eigenvalue weighted by atomic mass is 10.1. The molecular weight excluding hydrogens is 302 g/mol. The summed E-state index contributed by atoms with van der Waals surface area (Å²) in [6.45, 7) is 0. The maximum Gasteiger partial charge on any atom is 0.145 e. The molecule has 0 unspecified atom stereocenters. The molecular formula is C16H12BrNO. The molecule has 0 aliphatic rings. The number of methoxy groups -OCH3 is 1. The number of hydrogen-bond acceptors (Lipinski definition) is 2. The Balaban J connectivity index is 2.29. The van der Waals surface area contributed by atoms with Crippen LogP contribution in [0, 0.1) is 0 Å². The van der Waals surface area contributed by atoms with Gasteiger partial charge in [-0.25, -0.2) is 4.98 Å². The molecule has 1 heterocycles. The zero-order valence-corrected chi connectivity index (χ0v) is 12.0. The average Bonchev–Trinajstić information content (AvgIpc) is 2.47. The van der Waals surface area contributed by atoms with E-state index in [0.717, 1.165) is 32.4 Å². The smallest absolute Gasteiger partial charge is 0.145 e. The fourth-order valence-corrected chi connectivity index (χ4v) is 2.64. The maximum absolute atomic E-state index is 5.39. The summed E-state index contributed by atoms with van der Waals surface area (Å²) in [7, 11) is 1.67. The zero-order chi connectivity index (χ0) is 13.2. The molecule has 0 bridgehead atoms. The van der Waals surface area contributed by atoms with Gasteiger partial charge in [0, 0.05) is 15.4 Å². The van der Waals surface area contributed by atoms with Crippen molar-refractivity contribution in [3.8, 4) is 17.0 Å². The van der Waals surface area contributed by atoms with E-state index in [1.807, 2.05) is 42.5 Å². The second kappa shape index (κ2) is 5.02. The standard InChI is InChI=1S/C16H12BrNO/c1-19-15-9-5-8-12-13(17)10-14(18-16(12)15)11-6-3-2-4-7-11/h2-10H,1H3. The van der Waals surface area contributed by atoms with Gasteiger partial charge in [-0.15, -0.1) is 0 Å². The van der Waals surface area contributed by atoms with E-state index >= 15 is 0 Å². The van der Waals surface area contributed by atoms with Crippen molar-refractivity contribution in [3.63, 3.8) is 0 Å². The summed E-state index contributed by atoms with van der Waals surface area (Å²) in [4.78, 5) is 4.72. The van der Waals surface area contributed by atoms with Gasteiger partial charge in [-0.3, -0.25) is 0 Å². The molecule has 0 saturated heterocycles. The molecule has 0 amide bonds. The van der Waals surface area contributed by atoms with Gasteiger partial charge in [-0.05, 0) is 12.1 Å². The molecule has 94 valence electrons. The summed E-state index contributed by atoms with van der Waals surface area (Å²) >= 11 is 3.61. The molecule has 0 radical (unpaired) electrons. The Morgan fingerprint density at radius 1 is 1.00 bits per heavy atom. The number of pyridine rings is 1. The first-order valence-corrected chi connectivity index (χ1v) is 6.77. The molecule has 0 saturated carbocycles. The summed E-state index contributed by atoms with van der Waals surface area (Å²) in [5.74, 6) is 0.788. The monoisotopic (exact) mass is 313 g/mol. The highest BCUT2D eigenvalue weighted by Gasteiger charge is 2.09. The highest BCUT2D eigenvalue weighted by Crippen LogP contribution is 2.32. The summed E-state index contributed by atoms with van der Waals surface area (Å²) in [5.41, 5.74) is 2.90. The summed E-state index contributed by atoms with van der Waals surface area (Å²) < 4.78 is 6.41. The average molecular weight is 314 g/mol. The lowest BCUT2D eigenvalue weighted by Gasteiger charge is -2.09. The predicted molar refractivity (Wildman–Crippen MR) is 81.4 cm³/mol. The van der Waals surface area contributed by atoms with Gasteiger partial charge in [0.2, 0.25) is 0 Å². The number of benzene rings is 2. The Bertz CT molecular complexity index is 725. The van der Waals surface area contributed by atoms with Crippen molar-refractivity contribution >= 4 is 26.8 Å². The molecule has 0 aliphatic heterocycles. The van der Waals surface area contributed by atoms with Crippen LogP contribution in [0.25, 0.3) is 22.2 Å². The van der Waals surface area contributed by atoms with E-state index in [1.54, 1.807) is 7.11 Å². The third-order valence-corrected chi connectivity index (χ3v) is 3.70. The van der Waals surface area contributed by atoms with E-state index in [1.165, 1.54) is 0 Å². The molecule has 0 spiro atoms. The Morgan fingerprint density at radius 3 is 2.53 bits per heavy atom. The quantitative estimate of drug-likeness (QED) is 0.685. The third-order valence-electron chi connectivity index (χ3n) is 3.04. The molecule has 2 nitrogen and oxygen atoms in total. The van der Waals surface area contributed by atoms with E-state index in [0.29, 0.717) is 0 Å². The Morgan fingerprint density at radius 2 is 1.79 bits per heavy atom. The van der Waals surface area contributed by atoms with Crippen molar-refractivity contribution in [2.75, 3.05) is 7.11 Å². The number of fused-ring (bicyclic) bond motifs is 1. The van der Waals surface area contributed by atoms with Crippen LogP contribution in [0.3, 0.4) is 0 Å². The van der Waals surface area contributed by atoms with Crippen molar-refractivity contribution in [1.29, 1.82) is 0 Å². The van der Waals surface area contributed by atoms with E-state index in [-0.39, 0.29) is 0 Å². The van der Waals surface area contributed by atoms with Gasteiger partial charge in [-0.2, -0.15) is 0 Å². The molecule has 0 atom stereocenters.